The molecule has 2 rings (SSSR count). The molecule has 1 aromatic carbocycles. The van der Waals surface area contributed by atoms with Gasteiger partial charge >= 0.3 is 0 Å². The highest BCUT2D eigenvalue weighted by Gasteiger charge is 2.38. The van der Waals surface area contributed by atoms with E-state index in [0.29, 0.717) is 24.7 Å². The van der Waals surface area contributed by atoms with Gasteiger partial charge < -0.3 is 15.2 Å². The molecule has 2 N–H and O–H groups in total. The first-order valence-corrected chi connectivity index (χ1v) is 7.81. The molecule has 1 aliphatic heterocycles. The van der Waals surface area contributed by atoms with E-state index < -0.39 is 11.6 Å². The number of hydrogen-bond donors (Lipinski definition) is 2. The van der Waals surface area contributed by atoms with Crippen LogP contribution < -0.4 is 5.32 Å². The molecule has 1 aromatic rings. The molecule has 6 heteroatoms. The average molecular weight is 327 g/mol. The SMILES string of the molecule is CC1(C)C(=O)NCCN1CC(O)COCc1ccccc1Cl. The molecule has 1 unspecified atom stereocenters. The van der Waals surface area contributed by atoms with Gasteiger partial charge in [0.1, 0.15) is 0 Å². The molecule has 5 nitrogen and oxygen atoms in total. The molecule has 1 heterocycles. The summed E-state index contributed by atoms with van der Waals surface area (Å²) < 4.78 is 5.54. The van der Waals surface area contributed by atoms with Crippen LogP contribution in [0.3, 0.4) is 0 Å². The van der Waals surface area contributed by atoms with Crippen LogP contribution in [0, 0.1) is 0 Å². The molecule has 0 spiro atoms. The largest absolute Gasteiger partial charge is 0.389 e. The first kappa shape index (κ1) is 17.2. The van der Waals surface area contributed by atoms with Crippen molar-refractivity contribution in [3.8, 4) is 0 Å². The summed E-state index contributed by atoms with van der Waals surface area (Å²) in [5, 5.41) is 13.6. The Bertz CT molecular complexity index is 522. The molecule has 0 radical (unpaired) electrons. The second-order valence-electron chi connectivity index (χ2n) is 6.02. The van der Waals surface area contributed by atoms with Crippen LogP contribution in [-0.2, 0) is 16.1 Å². The van der Waals surface area contributed by atoms with Gasteiger partial charge in [-0.05, 0) is 25.5 Å². The lowest BCUT2D eigenvalue weighted by atomic mass is 9.98. The number of ether oxygens (including phenoxy) is 1. The number of aliphatic hydroxyl groups excluding tert-OH is 1. The summed E-state index contributed by atoms with van der Waals surface area (Å²) in [6.45, 7) is 6.02. The minimum Gasteiger partial charge on any atom is -0.389 e. The van der Waals surface area contributed by atoms with Crippen molar-refractivity contribution in [1.82, 2.24) is 10.2 Å². The van der Waals surface area contributed by atoms with E-state index in [1.807, 2.05) is 43.0 Å². The van der Waals surface area contributed by atoms with E-state index in [2.05, 4.69) is 5.32 Å². The minimum absolute atomic E-state index is 0.0112. The third-order valence-corrected chi connectivity index (χ3v) is 4.34. The van der Waals surface area contributed by atoms with Crippen molar-refractivity contribution in [1.29, 1.82) is 0 Å². The third kappa shape index (κ3) is 4.20. The van der Waals surface area contributed by atoms with Crippen molar-refractivity contribution in [3.05, 3.63) is 34.9 Å². The number of amides is 1. The number of carbonyl (C=O) groups excluding carboxylic acids is 1. The smallest absolute Gasteiger partial charge is 0.240 e. The first-order chi connectivity index (χ1) is 10.4. The highest BCUT2D eigenvalue weighted by Crippen LogP contribution is 2.18. The molecular weight excluding hydrogens is 304 g/mol. The summed E-state index contributed by atoms with van der Waals surface area (Å²) in [5.41, 5.74) is 0.288. The fourth-order valence-electron chi connectivity index (χ4n) is 2.49. The van der Waals surface area contributed by atoms with Gasteiger partial charge in [-0.15, -0.1) is 0 Å². The standard InChI is InChI=1S/C16H23ClN2O3/c1-16(2)15(21)18-7-8-19(16)9-13(20)11-22-10-12-5-3-4-6-14(12)17/h3-6,13,20H,7-11H2,1-2H3,(H,18,21). The summed E-state index contributed by atoms with van der Waals surface area (Å²) in [5.74, 6) is -0.0112. The van der Waals surface area contributed by atoms with Gasteiger partial charge in [-0.2, -0.15) is 0 Å². The zero-order chi connectivity index (χ0) is 16.2. The molecule has 122 valence electrons. The zero-order valence-corrected chi connectivity index (χ0v) is 13.8. The van der Waals surface area contributed by atoms with Crippen LogP contribution in [0.1, 0.15) is 19.4 Å². The van der Waals surface area contributed by atoms with Crippen molar-refractivity contribution in [2.24, 2.45) is 0 Å². The van der Waals surface area contributed by atoms with Crippen molar-refractivity contribution in [2.45, 2.75) is 32.1 Å². The molecule has 1 saturated heterocycles. The number of nitrogens with zero attached hydrogens (tertiary/aromatic N) is 1. The highest BCUT2D eigenvalue weighted by atomic mass is 35.5. The first-order valence-electron chi connectivity index (χ1n) is 7.44. The number of piperazine rings is 1. The van der Waals surface area contributed by atoms with Gasteiger partial charge in [0.15, 0.2) is 0 Å². The molecule has 1 fully saturated rings. The van der Waals surface area contributed by atoms with E-state index in [1.165, 1.54) is 0 Å². The molecule has 0 aromatic heterocycles. The second-order valence-corrected chi connectivity index (χ2v) is 6.43. The molecule has 1 atom stereocenters. The Labute approximate surface area is 136 Å². The van der Waals surface area contributed by atoms with E-state index in [4.69, 9.17) is 16.3 Å². The fourth-order valence-corrected chi connectivity index (χ4v) is 2.68. The minimum atomic E-state index is -0.646. The summed E-state index contributed by atoms with van der Waals surface area (Å²) in [6, 6.07) is 7.47. The van der Waals surface area contributed by atoms with Gasteiger partial charge in [-0.1, -0.05) is 29.8 Å². The quantitative estimate of drug-likeness (QED) is 0.830. The maximum absolute atomic E-state index is 11.9. The lowest BCUT2D eigenvalue weighted by molar-refractivity contribution is -0.136. The summed E-state index contributed by atoms with van der Waals surface area (Å²) in [7, 11) is 0. The molecule has 0 saturated carbocycles. The number of carbonyl (C=O) groups is 1. The normalized spacial score (nSPS) is 19.7. The Balaban J connectivity index is 1.79. The number of halogens is 1. The predicted molar refractivity (Wildman–Crippen MR) is 85.8 cm³/mol. The Kier molecular flexibility index (Phi) is 5.81. The lowest BCUT2D eigenvalue weighted by Gasteiger charge is -2.42. The topological polar surface area (TPSA) is 61.8 Å². The number of benzene rings is 1. The van der Waals surface area contributed by atoms with Gasteiger partial charge in [-0.3, -0.25) is 9.69 Å². The van der Waals surface area contributed by atoms with Crippen LogP contribution in [0.2, 0.25) is 5.02 Å². The summed E-state index contributed by atoms with van der Waals surface area (Å²) in [4.78, 5) is 13.8. The average Bonchev–Trinajstić information content (AvgIpc) is 2.46. The van der Waals surface area contributed by atoms with Gasteiger partial charge in [0.2, 0.25) is 5.91 Å². The highest BCUT2D eigenvalue weighted by molar-refractivity contribution is 6.31. The Morgan fingerprint density at radius 3 is 2.91 bits per heavy atom. The Hall–Kier alpha value is -1.14. The third-order valence-electron chi connectivity index (χ3n) is 3.97. The molecular formula is C16H23ClN2O3. The molecule has 0 bridgehead atoms. The van der Waals surface area contributed by atoms with Crippen LogP contribution in [0.15, 0.2) is 24.3 Å². The van der Waals surface area contributed by atoms with Gasteiger partial charge in [0.25, 0.3) is 0 Å². The van der Waals surface area contributed by atoms with Crippen molar-refractivity contribution >= 4 is 17.5 Å². The van der Waals surface area contributed by atoms with E-state index in [-0.39, 0.29) is 12.5 Å². The van der Waals surface area contributed by atoms with E-state index in [9.17, 15) is 9.90 Å². The van der Waals surface area contributed by atoms with E-state index >= 15 is 0 Å². The molecule has 22 heavy (non-hydrogen) atoms. The van der Waals surface area contributed by atoms with E-state index in [0.717, 1.165) is 12.1 Å². The van der Waals surface area contributed by atoms with Crippen molar-refractivity contribution in [2.75, 3.05) is 26.2 Å². The number of β-amino-alcohol motifs (C(OH)–C–C–N with tert-alkyl or cyclic N) is 1. The van der Waals surface area contributed by atoms with Crippen LogP contribution >= 0.6 is 11.6 Å². The molecule has 1 aliphatic rings. The fraction of sp³-hybridized carbons (Fsp3) is 0.562. The van der Waals surface area contributed by atoms with Crippen LogP contribution in [0.4, 0.5) is 0 Å². The van der Waals surface area contributed by atoms with Crippen molar-refractivity contribution < 1.29 is 14.6 Å². The van der Waals surface area contributed by atoms with Crippen molar-refractivity contribution in [3.63, 3.8) is 0 Å². The zero-order valence-electron chi connectivity index (χ0n) is 13.0. The van der Waals surface area contributed by atoms with Gasteiger partial charge in [-0.25, -0.2) is 0 Å². The number of nitrogens with one attached hydrogen (secondary N) is 1. The van der Waals surface area contributed by atoms with Gasteiger partial charge in [0.05, 0.1) is 24.9 Å². The molecule has 0 aliphatic carbocycles. The lowest BCUT2D eigenvalue weighted by Crippen LogP contribution is -2.63. The monoisotopic (exact) mass is 326 g/mol. The summed E-state index contributed by atoms with van der Waals surface area (Å²) >= 11 is 6.05. The van der Waals surface area contributed by atoms with Gasteiger partial charge in [0, 0.05) is 24.7 Å². The van der Waals surface area contributed by atoms with Crippen LogP contribution in [0.25, 0.3) is 0 Å². The van der Waals surface area contributed by atoms with Crippen LogP contribution in [0.5, 0.6) is 0 Å². The maximum atomic E-state index is 11.9. The number of rotatable bonds is 6. The number of hydrogen-bond acceptors (Lipinski definition) is 4. The summed E-state index contributed by atoms with van der Waals surface area (Å²) in [6.07, 6.45) is -0.646. The Morgan fingerprint density at radius 1 is 1.45 bits per heavy atom. The van der Waals surface area contributed by atoms with Crippen LogP contribution in [-0.4, -0.2) is 53.8 Å². The van der Waals surface area contributed by atoms with E-state index in [1.54, 1.807) is 0 Å². The molecule has 1 amide bonds. The second kappa shape index (κ2) is 7.42. The maximum Gasteiger partial charge on any atom is 0.240 e. The Morgan fingerprint density at radius 2 is 2.18 bits per heavy atom. The number of aliphatic hydroxyl groups is 1. The predicted octanol–water partition coefficient (Wildman–Crippen LogP) is 1.43.